The zero-order valence-electron chi connectivity index (χ0n) is 10.8. The van der Waals surface area contributed by atoms with E-state index in [0.717, 1.165) is 35.0 Å². The van der Waals surface area contributed by atoms with Gasteiger partial charge in [-0.1, -0.05) is 12.1 Å². The molecule has 2 N–H and O–H groups in total. The molecule has 1 fully saturated rings. The molecule has 0 aliphatic carbocycles. The molecule has 18 heavy (non-hydrogen) atoms. The van der Waals surface area contributed by atoms with E-state index >= 15 is 0 Å². The van der Waals surface area contributed by atoms with Crippen molar-refractivity contribution in [3.63, 3.8) is 0 Å². The maximum absolute atomic E-state index is 12.2. The number of piperidine rings is 1. The van der Waals surface area contributed by atoms with E-state index in [0.29, 0.717) is 6.04 Å². The Kier molecular flexibility index (Phi) is 4.40. The van der Waals surface area contributed by atoms with Gasteiger partial charge in [0.25, 0.3) is 5.91 Å². The molecule has 1 aliphatic rings. The highest BCUT2D eigenvalue weighted by molar-refractivity contribution is 9.10. The van der Waals surface area contributed by atoms with Gasteiger partial charge in [-0.15, -0.1) is 0 Å². The first kappa shape index (κ1) is 13.6. The average Bonchev–Trinajstić information content (AvgIpc) is 2.32. The van der Waals surface area contributed by atoms with Gasteiger partial charge in [-0.3, -0.25) is 4.79 Å². The molecule has 0 spiro atoms. The highest BCUT2D eigenvalue weighted by Gasteiger charge is 2.21. The number of hydrogen-bond acceptors (Lipinski definition) is 2. The van der Waals surface area contributed by atoms with E-state index in [1.165, 1.54) is 0 Å². The first-order valence-corrected chi connectivity index (χ1v) is 7.16. The van der Waals surface area contributed by atoms with Gasteiger partial charge in [0.2, 0.25) is 0 Å². The zero-order chi connectivity index (χ0) is 13.1. The van der Waals surface area contributed by atoms with Crippen LogP contribution in [0.5, 0.6) is 0 Å². The van der Waals surface area contributed by atoms with Gasteiger partial charge < -0.3 is 10.6 Å². The molecule has 0 aromatic heterocycles. The van der Waals surface area contributed by atoms with Gasteiger partial charge in [0, 0.05) is 16.6 Å². The fourth-order valence-electron chi connectivity index (χ4n) is 2.35. The number of nitrogens with one attached hydrogen (secondary N) is 2. The highest BCUT2D eigenvalue weighted by atomic mass is 79.9. The molecular weight excluding hydrogens is 292 g/mol. The quantitative estimate of drug-likeness (QED) is 0.881. The summed E-state index contributed by atoms with van der Waals surface area (Å²) in [6.45, 7) is 5.12. The van der Waals surface area contributed by atoms with Gasteiger partial charge in [0.05, 0.1) is 5.56 Å². The second-order valence-electron chi connectivity index (χ2n) is 4.99. The summed E-state index contributed by atoms with van der Waals surface area (Å²) in [7, 11) is 0. The van der Waals surface area contributed by atoms with E-state index in [9.17, 15) is 4.79 Å². The van der Waals surface area contributed by atoms with E-state index in [1.807, 2.05) is 25.1 Å². The molecule has 3 nitrogen and oxygen atoms in total. The SMILES string of the molecule is Cc1cccc(C(=O)NC2CCNC(C)C2)c1Br. The number of carbonyl (C=O) groups excluding carboxylic acids is 1. The number of halogens is 1. The first-order chi connectivity index (χ1) is 8.58. The Balaban J connectivity index is 2.05. The van der Waals surface area contributed by atoms with Crippen molar-refractivity contribution in [3.8, 4) is 0 Å². The lowest BCUT2D eigenvalue weighted by Crippen LogP contribution is -2.46. The van der Waals surface area contributed by atoms with Crippen LogP contribution in [0.1, 0.15) is 35.7 Å². The third kappa shape index (κ3) is 3.12. The summed E-state index contributed by atoms with van der Waals surface area (Å²) in [4.78, 5) is 12.2. The number of carbonyl (C=O) groups is 1. The third-order valence-corrected chi connectivity index (χ3v) is 4.45. The molecule has 1 aromatic rings. The first-order valence-electron chi connectivity index (χ1n) is 6.37. The van der Waals surface area contributed by atoms with Crippen molar-refractivity contribution in [2.75, 3.05) is 6.54 Å². The van der Waals surface area contributed by atoms with Crippen molar-refractivity contribution in [3.05, 3.63) is 33.8 Å². The molecule has 1 aliphatic heterocycles. The number of aryl methyl sites for hydroxylation is 1. The van der Waals surface area contributed by atoms with Crippen molar-refractivity contribution in [2.45, 2.75) is 38.8 Å². The van der Waals surface area contributed by atoms with Crippen LogP contribution >= 0.6 is 15.9 Å². The largest absolute Gasteiger partial charge is 0.349 e. The lowest BCUT2D eigenvalue weighted by molar-refractivity contribution is 0.0925. The molecule has 2 atom stereocenters. The summed E-state index contributed by atoms with van der Waals surface area (Å²) < 4.78 is 0.893. The van der Waals surface area contributed by atoms with Crippen LogP contribution in [0.3, 0.4) is 0 Å². The third-order valence-electron chi connectivity index (χ3n) is 3.40. The molecule has 98 valence electrons. The molecule has 0 radical (unpaired) electrons. The molecule has 4 heteroatoms. The summed E-state index contributed by atoms with van der Waals surface area (Å²) in [6.07, 6.45) is 1.99. The standard InChI is InChI=1S/C14H19BrN2O/c1-9-4-3-5-12(13(9)15)14(18)17-11-6-7-16-10(2)8-11/h3-5,10-11,16H,6-8H2,1-2H3,(H,17,18). The van der Waals surface area contributed by atoms with Crippen molar-refractivity contribution < 1.29 is 4.79 Å². The highest BCUT2D eigenvalue weighted by Crippen LogP contribution is 2.21. The Morgan fingerprint density at radius 3 is 3.00 bits per heavy atom. The lowest BCUT2D eigenvalue weighted by atomic mass is 10.00. The minimum atomic E-state index is 0.0182. The maximum atomic E-state index is 12.2. The lowest BCUT2D eigenvalue weighted by Gasteiger charge is -2.28. The summed E-state index contributed by atoms with van der Waals surface area (Å²) in [5.74, 6) is 0.0182. The van der Waals surface area contributed by atoms with E-state index in [4.69, 9.17) is 0 Å². The van der Waals surface area contributed by atoms with E-state index in [1.54, 1.807) is 0 Å². The van der Waals surface area contributed by atoms with Gasteiger partial charge in [-0.2, -0.15) is 0 Å². The molecule has 2 unspecified atom stereocenters. The molecule has 1 heterocycles. The van der Waals surface area contributed by atoms with Crippen LogP contribution in [0.2, 0.25) is 0 Å². The molecule has 1 aromatic carbocycles. The normalized spacial score (nSPS) is 23.7. The molecule has 2 rings (SSSR count). The maximum Gasteiger partial charge on any atom is 0.252 e. The van der Waals surface area contributed by atoms with Crippen LogP contribution < -0.4 is 10.6 Å². The number of hydrogen-bond donors (Lipinski definition) is 2. The van der Waals surface area contributed by atoms with E-state index in [-0.39, 0.29) is 11.9 Å². The minimum absolute atomic E-state index is 0.0182. The van der Waals surface area contributed by atoms with Crippen LogP contribution in [0.25, 0.3) is 0 Å². The van der Waals surface area contributed by atoms with Crippen LogP contribution in [-0.2, 0) is 0 Å². The van der Waals surface area contributed by atoms with Crippen molar-refractivity contribution in [2.24, 2.45) is 0 Å². The Bertz CT molecular complexity index is 447. The fraction of sp³-hybridized carbons (Fsp3) is 0.500. The molecule has 0 bridgehead atoms. The monoisotopic (exact) mass is 310 g/mol. The summed E-state index contributed by atoms with van der Waals surface area (Å²) in [5, 5.41) is 6.51. The molecule has 1 amide bonds. The summed E-state index contributed by atoms with van der Waals surface area (Å²) >= 11 is 3.48. The topological polar surface area (TPSA) is 41.1 Å². The van der Waals surface area contributed by atoms with Crippen LogP contribution in [0.4, 0.5) is 0 Å². The Labute approximate surface area is 116 Å². The van der Waals surface area contributed by atoms with E-state index in [2.05, 4.69) is 33.5 Å². The van der Waals surface area contributed by atoms with Gasteiger partial charge >= 0.3 is 0 Å². The smallest absolute Gasteiger partial charge is 0.252 e. The molecule has 1 saturated heterocycles. The van der Waals surface area contributed by atoms with Gasteiger partial charge in [0.15, 0.2) is 0 Å². The number of rotatable bonds is 2. The summed E-state index contributed by atoms with van der Waals surface area (Å²) in [6, 6.07) is 6.52. The predicted molar refractivity (Wildman–Crippen MR) is 76.8 cm³/mol. The Hall–Kier alpha value is -0.870. The molecular formula is C14H19BrN2O. The average molecular weight is 311 g/mol. The van der Waals surface area contributed by atoms with Gasteiger partial charge in [-0.05, 0) is 60.8 Å². The van der Waals surface area contributed by atoms with Crippen LogP contribution in [0.15, 0.2) is 22.7 Å². The van der Waals surface area contributed by atoms with Crippen LogP contribution in [-0.4, -0.2) is 24.5 Å². The zero-order valence-corrected chi connectivity index (χ0v) is 12.4. The van der Waals surface area contributed by atoms with Crippen molar-refractivity contribution >= 4 is 21.8 Å². The fourth-order valence-corrected chi connectivity index (χ4v) is 2.79. The Morgan fingerprint density at radius 2 is 2.28 bits per heavy atom. The second kappa shape index (κ2) is 5.85. The predicted octanol–water partition coefficient (Wildman–Crippen LogP) is 2.63. The van der Waals surface area contributed by atoms with E-state index < -0.39 is 0 Å². The van der Waals surface area contributed by atoms with Gasteiger partial charge in [-0.25, -0.2) is 0 Å². The number of benzene rings is 1. The van der Waals surface area contributed by atoms with Crippen molar-refractivity contribution in [1.29, 1.82) is 0 Å². The van der Waals surface area contributed by atoms with Crippen LogP contribution in [0, 0.1) is 6.92 Å². The molecule has 0 saturated carbocycles. The second-order valence-corrected chi connectivity index (χ2v) is 5.78. The van der Waals surface area contributed by atoms with Crippen molar-refractivity contribution in [1.82, 2.24) is 10.6 Å². The Morgan fingerprint density at radius 1 is 1.50 bits per heavy atom. The number of amides is 1. The minimum Gasteiger partial charge on any atom is -0.349 e. The van der Waals surface area contributed by atoms with Gasteiger partial charge in [0.1, 0.15) is 0 Å². The summed E-state index contributed by atoms with van der Waals surface area (Å²) in [5.41, 5.74) is 1.81.